The summed E-state index contributed by atoms with van der Waals surface area (Å²) in [4.78, 5) is 36.2. The number of halogens is 3. The molecular weight excluding hydrogens is 401 g/mol. The molecule has 30 heavy (non-hydrogen) atoms. The Hall–Kier alpha value is -3.37. The summed E-state index contributed by atoms with van der Waals surface area (Å²) in [6.07, 6.45) is 0.573. The van der Waals surface area contributed by atoms with Crippen LogP contribution in [0.25, 0.3) is 0 Å². The van der Waals surface area contributed by atoms with Crippen molar-refractivity contribution in [2.45, 2.75) is 19.4 Å². The number of fused-ring (bicyclic) bond motifs is 1. The molecule has 1 atom stereocenters. The molecule has 0 bridgehead atoms. The summed E-state index contributed by atoms with van der Waals surface area (Å²) in [6.45, 7) is 2.56. The Morgan fingerprint density at radius 1 is 1.23 bits per heavy atom. The molecule has 3 heterocycles. The standard InChI is InChI=1S/C19H19F3N6O2/c1-9-16-17(27(2)8-14(29)25-16)26-19(23-9)24-11-3-4-28(7-11)18(30)10-5-12(20)15(22)13(21)6-10/h5-6,11H,3-4,7-8H2,1-2H3,(H,25,29)(H,23,24,26). The van der Waals surface area contributed by atoms with Crippen LogP contribution in [-0.2, 0) is 4.79 Å². The van der Waals surface area contributed by atoms with E-state index in [0.717, 1.165) is 0 Å². The Morgan fingerprint density at radius 2 is 1.93 bits per heavy atom. The molecule has 1 fully saturated rings. The molecule has 0 saturated carbocycles. The molecule has 1 aromatic carbocycles. The SMILES string of the molecule is Cc1nc(NC2CCN(C(=O)c3cc(F)c(F)c(F)c3)C2)nc2c1NC(=O)CN2C. The number of amides is 2. The van der Waals surface area contributed by atoms with Crippen LogP contribution in [0.5, 0.6) is 0 Å². The number of nitrogens with zero attached hydrogens (tertiary/aromatic N) is 4. The molecular formula is C19H19F3N6O2. The fourth-order valence-electron chi connectivity index (χ4n) is 3.62. The van der Waals surface area contributed by atoms with Crippen molar-refractivity contribution >= 4 is 29.3 Å². The minimum Gasteiger partial charge on any atom is -0.350 e. The summed E-state index contributed by atoms with van der Waals surface area (Å²) in [5.74, 6) is -4.19. The maximum absolute atomic E-state index is 13.4. The molecule has 2 aliphatic rings. The van der Waals surface area contributed by atoms with Gasteiger partial charge in [0.1, 0.15) is 5.69 Å². The Labute approximate surface area is 170 Å². The Balaban J connectivity index is 1.47. The van der Waals surface area contributed by atoms with E-state index in [2.05, 4.69) is 20.6 Å². The molecule has 0 aliphatic carbocycles. The van der Waals surface area contributed by atoms with Crippen molar-refractivity contribution in [1.29, 1.82) is 0 Å². The molecule has 2 N–H and O–H groups in total. The summed E-state index contributed by atoms with van der Waals surface area (Å²) in [6, 6.07) is 1.22. The molecule has 11 heteroatoms. The van der Waals surface area contributed by atoms with Gasteiger partial charge >= 0.3 is 0 Å². The van der Waals surface area contributed by atoms with Crippen LogP contribution < -0.4 is 15.5 Å². The van der Waals surface area contributed by atoms with Crippen LogP contribution in [0.3, 0.4) is 0 Å². The number of anilines is 3. The lowest BCUT2D eigenvalue weighted by Gasteiger charge is -2.27. The maximum Gasteiger partial charge on any atom is 0.254 e. The molecule has 1 aromatic heterocycles. The molecule has 158 valence electrons. The average molecular weight is 420 g/mol. The predicted octanol–water partition coefficient (Wildman–Crippen LogP) is 1.92. The van der Waals surface area contributed by atoms with E-state index >= 15 is 0 Å². The molecule has 4 rings (SSSR count). The zero-order valence-corrected chi connectivity index (χ0v) is 16.3. The Morgan fingerprint density at radius 3 is 2.63 bits per heavy atom. The summed E-state index contributed by atoms with van der Waals surface area (Å²) >= 11 is 0. The zero-order valence-electron chi connectivity index (χ0n) is 16.3. The van der Waals surface area contributed by atoms with Crippen molar-refractivity contribution in [1.82, 2.24) is 14.9 Å². The van der Waals surface area contributed by atoms with Crippen LogP contribution in [-0.4, -0.2) is 59.4 Å². The van der Waals surface area contributed by atoms with Gasteiger partial charge in [-0.2, -0.15) is 4.98 Å². The minimum absolute atomic E-state index is 0.143. The van der Waals surface area contributed by atoms with Gasteiger partial charge in [-0.1, -0.05) is 0 Å². The molecule has 0 radical (unpaired) electrons. The lowest BCUT2D eigenvalue weighted by Crippen LogP contribution is -2.37. The monoisotopic (exact) mass is 420 g/mol. The van der Waals surface area contributed by atoms with Crippen molar-refractivity contribution in [2.75, 3.05) is 42.2 Å². The first-order valence-electron chi connectivity index (χ1n) is 9.33. The summed E-state index contributed by atoms with van der Waals surface area (Å²) in [5.41, 5.74) is 0.916. The van der Waals surface area contributed by atoms with Gasteiger partial charge in [0, 0.05) is 31.7 Å². The van der Waals surface area contributed by atoms with E-state index in [1.165, 1.54) is 4.90 Å². The van der Waals surface area contributed by atoms with E-state index in [0.29, 0.717) is 48.2 Å². The topological polar surface area (TPSA) is 90.5 Å². The van der Waals surface area contributed by atoms with Crippen molar-refractivity contribution in [3.05, 3.63) is 40.8 Å². The lowest BCUT2D eigenvalue weighted by molar-refractivity contribution is -0.115. The van der Waals surface area contributed by atoms with Crippen molar-refractivity contribution < 1.29 is 22.8 Å². The minimum atomic E-state index is -1.60. The lowest BCUT2D eigenvalue weighted by atomic mass is 10.2. The van der Waals surface area contributed by atoms with E-state index in [4.69, 9.17) is 0 Å². The van der Waals surface area contributed by atoms with E-state index in [-0.39, 0.29) is 30.6 Å². The first-order valence-corrected chi connectivity index (χ1v) is 9.33. The molecule has 2 aliphatic heterocycles. The summed E-state index contributed by atoms with van der Waals surface area (Å²) in [7, 11) is 1.75. The third-order valence-corrected chi connectivity index (χ3v) is 5.12. The van der Waals surface area contributed by atoms with E-state index < -0.39 is 23.4 Å². The molecule has 2 amide bonds. The number of likely N-dealkylation sites (N-methyl/N-ethyl adjacent to an activating group) is 1. The highest BCUT2D eigenvalue weighted by Crippen LogP contribution is 2.30. The van der Waals surface area contributed by atoms with Crippen LogP contribution in [0.2, 0.25) is 0 Å². The first kappa shape index (κ1) is 19.9. The van der Waals surface area contributed by atoms with Crippen LogP contribution in [0.4, 0.5) is 30.6 Å². The van der Waals surface area contributed by atoms with Crippen molar-refractivity contribution in [3.8, 4) is 0 Å². The van der Waals surface area contributed by atoms with Gasteiger partial charge in [-0.25, -0.2) is 18.2 Å². The van der Waals surface area contributed by atoms with E-state index in [1.54, 1.807) is 18.9 Å². The first-order chi connectivity index (χ1) is 14.2. The Kier molecular flexibility index (Phi) is 4.96. The number of hydrogen-bond donors (Lipinski definition) is 2. The highest BCUT2D eigenvalue weighted by molar-refractivity contribution is 6.00. The van der Waals surface area contributed by atoms with Gasteiger partial charge in [0.2, 0.25) is 11.9 Å². The number of nitrogens with one attached hydrogen (secondary N) is 2. The van der Waals surface area contributed by atoms with Crippen molar-refractivity contribution in [3.63, 3.8) is 0 Å². The zero-order chi connectivity index (χ0) is 21.6. The summed E-state index contributed by atoms with van der Waals surface area (Å²) in [5, 5.41) is 5.93. The number of benzene rings is 1. The van der Waals surface area contributed by atoms with Crippen LogP contribution in [0, 0.1) is 24.4 Å². The molecule has 1 unspecified atom stereocenters. The molecule has 8 nitrogen and oxygen atoms in total. The van der Waals surface area contributed by atoms with Gasteiger partial charge < -0.3 is 20.4 Å². The summed E-state index contributed by atoms with van der Waals surface area (Å²) < 4.78 is 40.0. The number of carbonyl (C=O) groups is 2. The van der Waals surface area contributed by atoms with Gasteiger partial charge in [-0.05, 0) is 25.5 Å². The van der Waals surface area contributed by atoms with Crippen LogP contribution in [0.15, 0.2) is 12.1 Å². The number of rotatable bonds is 3. The predicted molar refractivity (Wildman–Crippen MR) is 103 cm³/mol. The highest BCUT2D eigenvalue weighted by Gasteiger charge is 2.30. The second-order valence-corrected chi connectivity index (χ2v) is 7.37. The number of carbonyl (C=O) groups excluding carboxylic acids is 2. The number of likely N-dealkylation sites (tertiary alicyclic amines) is 1. The third-order valence-electron chi connectivity index (χ3n) is 5.12. The van der Waals surface area contributed by atoms with Crippen LogP contribution >= 0.6 is 0 Å². The normalized spacial score (nSPS) is 18.3. The largest absolute Gasteiger partial charge is 0.350 e. The average Bonchev–Trinajstić information content (AvgIpc) is 3.14. The quantitative estimate of drug-likeness (QED) is 0.738. The van der Waals surface area contributed by atoms with E-state index in [1.807, 2.05) is 0 Å². The number of aromatic nitrogens is 2. The second-order valence-electron chi connectivity index (χ2n) is 7.37. The number of aryl methyl sites for hydroxylation is 1. The third kappa shape index (κ3) is 3.62. The number of hydrogen-bond acceptors (Lipinski definition) is 6. The Bertz CT molecular complexity index is 1020. The van der Waals surface area contributed by atoms with Gasteiger partial charge in [0.15, 0.2) is 23.3 Å². The molecule has 2 aromatic rings. The smallest absolute Gasteiger partial charge is 0.254 e. The van der Waals surface area contributed by atoms with Gasteiger partial charge in [-0.15, -0.1) is 0 Å². The van der Waals surface area contributed by atoms with Gasteiger partial charge in [0.25, 0.3) is 5.91 Å². The van der Waals surface area contributed by atoms with Crippen LogP contribution in [0.1, 0.15) is 22.5 Å². The second kappa shape index (κ2) is 7.47. The fourth-order valence-corrected chi connectivity index (χ4v) is 3.62. The van der Waals surface area contributed by atoms with Gasteiger partial charge in [-0.3, -0.25) is 9.59 Å². The highest BCUT2D eigenvalue weighted by atomic mass is 19.2. The fraction of sp³-hybridized carbons (Fsp3) is 0.368. The van der Waals surface area contributed by atoms with E-state index in [9.17, 15) is 22.8 Å². The molecule has 1 saturated heterocycles. The molecule has 0 spiro atoms. The van der Waals surface area contributed by atoms with Gasteiger partial charge in [0.05, 0.1) is 12.2 Å². The van der Waals surface area contributed by atoms with Crippen molar-refractivity contribution in [2.24, 2.45) is 0 Å². The maximum atomic E-state index is 13.4.